The van der Waals surface area contributed by atoms with Crippen molar-refractivity contribution in [3.63, 3.8) is 0 Å². The van der Waals surface area contributed by atoms with Gasteiger partial charge in [-0.3, -0.25) is 9.80 Å². The van der Waals surface area contributed by atoms with Crippen LogP contribution in [0, 0.1) is 0 Å². The molecule has 0 aliphatic carbocycles. The maximum Gasteiger partial charge on any atom is 0.416 e. The van der Waals surface area contributed by atoms with Crippen LogP contribution in [0.5, 0.6) is 0 Å². The molecule has 6 rings (SSSR count). The zero-order valence-electron chi connectivity index (χ0n) is 22.9. The van der Waals surface area contributed by atoms with E-state index in [-0.39, 0.29) is 32.2 Å². The first-order chi connectivity index (χ1) is 20.6. The van der Waals surface area contributed by atoms with Crippen molar-refractivity contribution in [3.05, 3.63) is 138 Å². The number of rotatable bonds is 7. The van der Waals surface area contributed by atoms with Crippen molar-refractivity contribution < 1.29 is 28.6 Å². The van der Waals surface area contributed by atoms with Crippen LogP contribution in [-0.2, 0) is 38.8 Å². The zero-order chi connectivity index (χ0) is 28.9. The number of hydrogen-bond acceptors (Lipinski definition) is 6. The Hall–Kier alpha value is -5.11. The molecule has 4 aromatic rings. The summed E-state index contributed by atoms with van der Waals surface area (Å²) in [7, 11) is 0. The summed E-state index contributed by atoms with van der Waals surface area (Å²) in [4.78, 5) is 43.8. The molecular weight excluding hydrogens is 532 g/mol. The van der Waals surface area contributed by atoms with Crippen molar-refractivity contribution in [2.45, 2.75) is 44.4 Å². The standard InChI is InChI=1S/C34H30N2O6/c37-32(40-21-24-12-4-1-5-13-24)30-20-28-27-18-10-11-19-29(27)35(33(38)41-22-25-14-6-2-7-15-25)31(28)36(30)34(39)42-23-26-16-8-3-9-17-26/h1-19,28,30-31H,20-23H2/t28-,30+,31-/m0/s1. The van der Waals surface area contributed by atoms with E-state index in [4.69, 9.17) is 14.2 Å². The summed E-state index contributed by atoms with van der Waals surface area (Å²) in [5.41, 5.74) is 3.97. The van der Waals surface area contributed by atoms with Crippen LogP contribution in [0.15, 0.2) is 115 Å². The number of benzene rings is 4. The lowest BCUT2D eigenvalue weighted by Crippen LogP contribution is -2.54. The predicted octanol–water partition coefficient (Wildman–Crippen LogP) is 6.41. The van der Waals surface area contributed by atoms with Crippen LogP contribution in [0.3, 0.4) is 0 Å². The van der Waals surface area contributed by atoms with Crippen LogP contribution in [-0.4, -0.2) is 35.3 Å². The molecule has 0 N–H and O–H groups in total. The van der Waals surface area contributed by atoms with Crippen LogP contribution >= 0.6 is 0 Å². The number of para-hydroxylation sites is 1. The minimum absolute atomic E-state index is 0.0186. The largest absolute Gasteiger partial charge is 0.459 e. The molecule has 0 aromatic heterocycles. The molecule has 2 aliphatic heterocycles. The van der Waals surface area contributed by atoms with Crippen molar-refractivity contribution >= 4 is 23.8 Å². The van der Waals surface area contributed by atoms with E-state index in [0.29, 0.717) is 5.69 Å². The summed E-state index contributed by atoms with van der Waals surface area (Å²) < 4.78 is 17.1. The molecule has 3 atom stereocenters. The molecule has 0 radical (unpaired) electrons. The van der Waals surface area contributed by atoms with Crippen molar-refractivity contribution in [2.24, 2.45) is 0 Å². The molecule has 0 saturated carbocycles. The van der Waals surface area contributed by atoms with Gasteiger partial charge in [0.15, 0.2) is 0 Å². The number of ether oxygens (including phenoxy) is 3. The second-order valence-corrected chi connectivity index (χ2v) is 10.3. The van der Waals surface area contributed by atoms with Gasteiger partial charge in [0.1, 0.15) is 32.0 Å². The minimum atomic E-state index is -0.954. The lowest BCUT2D eigenvalue weighted by Gasteiger charge is -2.33. The average molecular weight is 563 g/mol. The van der Waals surface area contributed by atoms with Gasteiger partial charge in [-0.2, -0.15) is 0 Å². The van der Waals surface area contributed by atoms with E-state index in [2.05, 4.69) is 0 Å². The van der Waals surface area contributed by atoms with E-state index in [1.807, 2.05) is 115 Å². The molecule has 0 spiro atoms. The van der Waals surface area contributed by atoms with Crippen molar-refractivity contribution in [3.8, 4) is 0 Å². The highest BCUT2D eigenvalue weighted by Gasteiger charge is 2.57. The number of fused-ring (bicyclic) bond motifs is 3. The number of carbonyl (C=O) groups excluding carboxylic acids is 3. The van der Waals surface area contributed by atoms with Gasteiger partial charge in [0.2, 0.25) is 0 Å². The number of amides is 2. The lowest BCUT2D eigenvalue weighted by atomic mass is 9.96. The van der Waals surface area contributed by atoms with Gasteiger partial charge in [-0.25, -0.2) is 14.4 Å². The number of anilines is 1. The van der Waals surface area contributed by atoms with Crippen LogP contribution in [0.4, 0.5) is 15.3 Å². The highest BCUT2D eigenvalue weighted by Crippen LogP contribution is 2.50. The van der Waals surface area contributed by atoms with Crippen LogP contribution in [0.2, 0.25) is 0 Å². The molecule has 42 heavy (non-hydrogen) atoms. The Morgan fingerprint density at radius 2 is 1.07 bits per heavy atom. The van der Waals surface area contributed by atoms with E-state index >= 15 is 0 Å². The molecule has 8 nitrogen and oxygen atoms in total. The number of carbonyl (C=O) groups is 3. The topological polar surface area (TPSA) is 85.4 Å². The number of hydrogen-bond donors (Lipinski definition) is 0. The van der Waals surface area contributed by atoms with Gasteiger partial charge in [0.25, 0.3) is 0 Å². The van der Waals surface area contributed by atoms with Crippen molar-refractivity contribution in [1.82, 2.24) is 4.90 Å². The van der Waals surface area contributed by atoms with Gasteiger partial charge >= 0.3 is 18.2 Å². The van der Waals surface area contributed by atoms with Gasteiger partial charge in [-0.15, -0.1) is 0 Å². The fraction of sp³-hybridized carbons (Fsp3) is 0.206. The van der Waals surface area contributed by atoms with E-state index in [1.54, 1.807) is 0 Å². The monoisotopic (exact) mass is 562 g/mol. The molecular formula is C34H30N2O6. The van der Waals surface area contributed by atoms with Crippen LogP contribution < -0.4 is 4.90 Å². The predicted molar refractivity (Wildman–Crippen MR) is 155 cm³/mol. The molecule has 212 valence electrons. The molecule has 2 heterocycles. The summed E-state index contributed by atoms with van der Waals surface area (Å²) in [5.74, 6) is -0.885. The number of esters is 1. The molecule has 4 aromatic carbocycles. The zero-order valence-corrected chi connectivity index (χ0v) is 22.9. The van der Waals surface area contributed by atoms with Gasteiger partial charge in [0, 0.05) is 5.92 Å². The highest BCUT2D eigenvalue weighted by atomic mass is 16.6. The Morgan fingerprint density at radius 3 is 1.64 bits per heavy atom. The third-order valence-corrected chi connectivity index (χ3v) is 7.63. The molecule has 0 bridgehead atoms. The number of likely N-dealkylation sites (tertiary alicyclic amines) is 1. The Labute approximate surface area is 244 Å². The third kappa shape index (κ3) is 5.56. The van der Waals surface area contributed by atoms with Gasteiger partial charge in [0.05, 0.1) is 5.69 Å². The summed E-state index contributed by atoms with van der Waals surface area (Å²) in [6.07, 6.45) is -1.86. The second-order valence-electron chi connectivity index (χ2n) is 10.3. The third-order valence-electron chi connectivity index (χ3n) is 7.63. The molecule has 1 saturated heterocycles. The van der Waals surface area contributed by atoms with E-state index in [9.17, 15) is 14.4 Å². The first kappa shape index (κ1) is 27.1. The average Bonchev–Trinajstić information content (AvgIpc) is 3.58. The summed E-state index contributed by atoms with van der Waals surface area (Å²) in [6, 6.07) is 34.5. The smallest absolute Gasteiger partial charge is 0.416 e. The highest BCUT2D eigenvalue weighted by molar-refractivity contribution is 5.94. The summed E-state index contributed by atoms with van der Waals surface area (Å²) in [5, 5.41) is 0. The maximum absolute atomic E-state index is 13.8. The quantitative estimate of drug-likeness (QED) is 0.191. The van der Waals surface area contributed by atoms with Crippen LogP contribution in [0.25, 0.3) is 0 Å². The van der Waals surface area contributed by atoms with E-state index < -0.39 is 30.4 Å². The normalized spacial score (nSPS) is 18.6. The first-order valence-electron chi connectivity index (χ1n) is 13.9. The van der Waals surface area contributed by atoms with Gasteiger partial charge in [-0.1, -0.05) is 109 Å². The van der Waals surface area contributed by atoms with Gasteiger partial charge in [-0.05, 0) is 34.7 Å². The minimum Gasteiger partial charge on any atom is -0.459 e. The summed E-state index contributed by atoms with van der Waals surface area (Å²) >= 11 is 0. The summed E-state index contributed by atoms with van der Waals surface area (Å²) in [6.45, 7) is 0.152. The lowest BCUT2D eigenvalue weighted by molar-refractivity contribution is -0.150. The Kier molecular flexibility index (Phi) is 7.85. The Bertz CT molecular complexity index is 1550. The maximum atomic E-state index is 13.8. The van der Waals surface area contributed by atoms with E-state index in [0.717, 1.165) is 22.3 Å². The van der Waals surface area contributed by atoms with E-state index in [1.165, 1.54) is 9.80 Å². The second kappa shape index (κ2) is 12.2. The van der Waals surface area contributed by atoms with Gasteiger partial charge < -0.3 is 14.2 Å². The Balaban J connectivity index is 1.29. The first-order valence-corrected chi connectivity index (χ1v) is 13.9. The SMILES string of the molecule is O=C(OCc1ccccc1)[C@H]1C[C@H]2c3ccccc3N(C(=O)OCc3ccccc3)[C@H]2N1C(=O)OCc1ccccc1. The fourth-order valence-electron chi connectivity index (χ4n) is 5.67. The van der Waals surface area contributed by atoms with Crippen molar-refractivity contribution in [1.29, 1.82) is 0 Å². The Morgan fingerprint density at radius 1 is 0.595 bits per heavy atom. The number of nitrogens with zero attached hydrogens (tertiary/aromatic N) is 2. The fourth-order valence-corrected chi connectivity index (χ4v) is 5.67. The molecule has 0 unspecified atom stereocenters. The van der Waals surface area contributed by atoms with Crippen LogP contribution in [0.1, 0.15) is 34.6 Å². The molecule has 8 heteroatoms. The van der Waals surface area contributed by atoms with Crippen molar-refractivity contribution in [2.75, 3.05) is 4.90 Å². The molecule has 2 amide bonds. The molecule has 1 fully saturated rings. The molecule has 2 aliphatic rings.